The van der Waals surface area contributed by atoms with Crippen LogP contribution < -0.4 is 24.8 Å². The Kier molecular flexibility index (Phi) is 5.84. The molecule has 1 unspecified atom stereocenters. The lowest BCUT2D eigenvalue weighted by Gasteiger charge is -2.19. The molecule has 1 aliphatic heterocycles. The van der Waals surface area contributed by atoms with Gasteiger partial charge in [0.25, 0.3) is 0 Å². The molecule has 1 heterocycles. The van der Waals surface area contributed by atoms with Crippen molar-refractivity contribution in [2.24, 2.45) is 0 Å². The number of ether oxygens (including phenoxy) is 3. The number of hydrogen-bond acceptors (Lipinski definition) is 4. The Hall–Kier alpha value is -2.89. The van der Waals surface area contributed by atoms with Gasteiger partial charge in [-0.2, -0.15) is 0 Å². The quantitative estimate of drug-likeness (QED) is 0.835. The van der Waals surface area contributed by atoms with Gasteiger partial charge in [-0.15, -0.1) is 0 Å². The first kappa shape index (κ1) is 17.9. The van der Waals surface area contributed by atoms with Crippen molar-refractivity contribution in [3.8, 4) is 17.2 Å². The first-order valence-corrected chi connectivity index (χ1v) is 8.72. The summed E-state index contributed by atoms with van der Waals surface area (Å²) in [4.78, 5) is 12.0. The molecule has 0 saturated carbocycles. The van der Waals surface area contributed by atoms with Gasteiger partial charge in [0.15, 0.2) is 11.5 Å². The largest absolute Gasteiger partial charge is 0.491 e. The van der Waals surface area contributed by atoms with Crippen LogP contribution in [0.5, 0.6) is 17.2 Å². The highest BCUT2D eigenvalue weighted by molar-refractivity contribution is 5.74. The van der Waals surface area contributed by atoms with Gasteiger partial charge < -0.3 is 24.8 Å². The number of carbonyl (C=O) groups excluding carboxylic acids is 1. The number of benzene rings is 2. The van der Waals surface area contributed by atoms with Crippen molar-refractivity contribution in [1.29, 1.82) is 0 Å². The van der Waals surface area contributed by atoms with E-state index in [9.17, 15) is 4.79 Å². The van der Waals surface area contributed by atoms with Crippen LogP contribution in [0.1, 0.15) is 18.1 Å². The van der Waals surface area contributed by atoms with Crippen LogP contribution in [0.15, 0.2) is 42.5 Å². The van der Waals surface area contributed by atoms with Crippen molar-refractivity contribution in [3.63, 3.8) is 0 Å². The van der Waals surface area contributed by atoms with Crippen LogP contribution in [-0.4, -0.2) is 31.9 Å². The van der Waals surface area contributed by atoms with Crippen LogP contribution in [0.3, 0.4) is 0 Å². The minimum Gasteiger partial charge on any atom is -0.491 e. The first-order chi connectivity index (χ1) is 12.6. The molecule has 0 radical (unpaired) electrons. The summed E-state index contributed by atoms with van der Waals surface area (Å²) in [5.74, 6) is 2.25. The zero-order chi connectivity index (χ0) is 18.4. The minimum atomic E-state index is -0.236. The number of urea groups is 1. The van der Waals surface area contributed by atoms with Gasteiger partial charge in [0.05, 0.1) is 6.04 Å². The fourth-order valence-corrected chi connectivity index (χ4v) is 2.55. The molecule has 0 spiro atoms. The predicted molar refractivity (Wildman–Crippen MR) is 98.9 cm³/mol. The number of nitrogens with one attached hydrogen (secondary N) is 2. The highest BCUT2D eigenvalue weighted by Gasteiger charge is 2.12. The Morgan fingerprint density at radius 1 is 1.12 bits per heavy atom. The maximum absolute atomic E-state index is 12.0. The molecule has 6 nitrogen and oxygen atoms in total. The van der Waals surface area contributed by atoms with Crippen molar-refractivity contribution in [2.45, 2.75) is 26.4 Å². The minimum absolute atomic E-state index is 0.114. The molecule has 0 saturated heterocycles. The number of fused-ring (bicyclic) bond motifs is 1. The van der Waals surface area contributed by atoms with Crippen LogP contribution in [-0.2, 0) is 6.54 Å². The summed E-state index contributed by atoms with van der Waals surface area (Å²) in [6.07, 6.45) is 0. The van der Waals surface area contributed by atoms with Crippen LogP contribution in [0.2, 0.25) is 0 Å². The van der Waals surface area contributed by atoms with Crippen molar-refractivity contribution in [3.05, 3.63) is 53.6 Å². The molecule has 2 aromatic carbocycles. The highest BCUT2D eigenvalue weighted by atomic mass is 16.6. The van der Waals surface area contributed by atoms with Crippen LogP contribution >= 0.6 is 0 Å². The smallest absolute Gasteiger partial charge is 0.315 e. The van der Waals surface area contributed by atoms with Gasteiger partial charge in [-0.05, 0) is 43.7 Å². The fraction of sp³-hybridized carbons (Fsp3) is 0.350. The van der Waals surface area contributed by atoms with Gasteiger partial charge in [0, 0.05) is 6.54 Å². The third kappa shape index (κ3) is 5.05. The number of carbonyl (C=O) groups is 1. The van der Waals surface area contributed by atoms with Crippen LogP contribution in [0.25, 0.3) is 0 Å². The zero-order valence-electron chi connectivity index (χ0n) is 15.1. The van der Waals surface area contributed by atoms with Crippen molar-refractivity contribution in [1.82, 2.24) is 10.6 Å². The van der Waals surface area contributed by atoms with E-state index in [-0.39, 0.29) is 12.1 Å². The Morgan fingerprint density at radius 2 is 1.85 bits per heavy atom. The van der Waals surface area contributed by atoms with Crippen LogP contribution in [0, 0.1) is 6.92 Å². The van der Waals surface area contributed by atoms with Gasteiger partial charge in [0.1, 0.15) is 25.6 Å². The summed E-state index contributed by atoms with van der Waals surface area (Å²) in [6, 6.07) is 13.1. The Labute approximate surface area is 153 Å². The molecule has 0 fully saturated rings. The Balaban J connectivity index is 1.41. The second-order valence-electron chi connectivity index (χ2n) is 6.33. The zero-order valence-corrected chi connectivity index (χ0v) is 15.1. The standard InChI is InChI=1S/C20H24N2O4/c1-14-3-6-17(7-4-14)26-13-15(2)22-20(23)21-12-16-5-8-18-19(11-16)25-10-9-24-18/h3-8,11,15H,9-10,12-13H2,1-2H3,(H2,21,22,23). The molecule has 0 bridgehead atoms. The molecule has 26 heavy (non-hydrogen) atoms. The number of hydrogen-bond donors (Lipinski definition) is 2. The summed E-state index contributed by atoms with van der Waals surface area (Å²) in [5, 5.41) is 5.70. The van der Waals surface area contributed by atoms with Gasteiger partial charge in [-0.3, -0.25) is 0 Å². The summed E-state index contributed by atoms with van der Waals surface area (Å²) < 4.78 is 16.7. The maximum Gasteiger partial charge on any atom is 0.315 e. The molecular weight excluding hydrogens is 332 g/mol. The lowest BCUT2D eigenvalue weighted by atomic mass is 10.2. The third-order valence-electron chi connectivity index (χ3n) is 3.96. The summed E-state index contributed by atoms with van der Waals surface area (Å²) in [7, 11) is 0. The van der Waals surface area contributed by atoms with Gasteiger partial charge >= 0.3 is 6.03 Å². The molecule has 3 rings (SSSR count). The maximum atomic E-state index is 12.0. The van der Waals surface area contributed by atoms with Crippen molar-refractivity contribution < 1.29 is 19.0 Å². The number of amides is 2. The third-order valence-corrected chi connectivity index (χ3v) is 3.96. The van der Waals surface area contributed by atoms with E-state index in [0.717, 1.165) is 22.8 Å². The Morgan fingerprint density at radius 3 is 2.62 bits per heavy atom. The van der Waals surface area contributed by atoms with E-state index in [1.54, 1.807) is 0 Å². The normalized spacial score (nSPS) is 13.6. The van der Waals surface area contributed by atoms with Gasteiger partial charge in [-0.1, -0.05) is 23.8 Å². The molecule has 1 aliphatic rings. The van der Waals surface area contributed by atoms with Gasteiger partial charge in [-0.25, -0.2) is 4.79 Å². The fourth-order valence-electron chi connectivity index (χ4n) is 2.55. The number of rotatable bonds is 6. The molecule has 0 aromatic heterocycles. The highest BCUT2D eigenvalue weighted by Crippen LogP contribution is 2.30. The summed E-state index contributed by atoms with van der Waals surface area (Å²) in [5.41, 5.74) is 2.13. The molecule has 2 amide bonds. The Bertz CT molecular complexity index is 746. The molecular formula is C20H24N2O4. The van der Waals surface area contributed by atoms with E-state index >= 15 is 0 Å². The topological polar surface area (TPSA) is 68.8 Å². The van der Waals surface area contributed by atoms with E-state index in [0.29, 0.717) is 26.4 Å². The van der Waals surface area contributed by atoms with E-state index in [1.807, 2.05) is 56.3 Å². The molecule has 138 valence electrons. The van der Waals surface area contributed by atoms with E-state index < -0.39 is 0 Å². The monoisotopic (exact) mass is 356 g/mol. The van der Waals surface area contributed by atoms with E-state index in [4.69, 9.17) is 14.2 Å². The molecule has 2 N–H and O–H groups in total. The van der Waals surface area contributed by atoms with Crippen molar-refractivity contribution >= 4 is 6.03 Å². The molecule has 0 aliphatic carbocycles. The predicted octanol–water partition coefficient (Wildman–Crippen LogP) is 3.03. The number of aryl methyl sites for hydroxylation is 1. The van der Waals surface area contributed by atoms with Crippen LogP contribution in [0.4, 0.5) is 4.79 Å². The van der Waals surface area contributed by atoms with E-state index in [1.165, 1.54) is 5.56 Å². The van der Waals surface area contributed by atoms with Crippen molar-refractivity contribution in [2.75, 3.05) is 19.8 Å². The second kappa shape index (κ2) is 8.47. The molecule has 2 aromatic rings. The lowest BCUT2D eigenvalue weighted by Crippen LogP contribution is -2.43. The summed E-state index contributed by atoms with van der Waals surface area (Å²) >= 11 is 0. The lowest BCUT2D eigenvalue weighted by molar-refractivity contribution is 0.171. The first-order valence-electron chi connectivity index (χ1n) is 8.72. The summed E-state index contributed by atoms with van der Waals surface area (Å²) in [6.45, 7) is 5.85. The van der Waals surface area contributed by atoms with Gasteiger partial charge in [0.2, 0.25) is 0 Å². The average Bonchev–Trinajstić information content (AvgIpc) is 2.66. The molecule has 1 atom stereocenters. The molecule has 6 heteroatoms. The average molecular weight is 356 g/mol. The van der Waals surface area contributed by atoms with E-state index in [2.05, 4.69) is 10.6 Å². The second-order valence-corrected chi connectivity index (χ2v) is 6.33. The SMILES string of the molecule is Cc1ccc(OCC(C)NC(=O)NCc2ccc3c(c2)OCCO3)cc1.